The van der Waals surface area contributed by atoms with Crippen LogP contribution in [0, 0.1) is 23.7 Å². The number of halogens is 1. The second-order valence-corrected chi connectivity index (χ2v) is 6.10. The highest BCUT2D eigenvalue weighted by Crippen LogP contribution is 2.47. The third-order valence-electron chi connectivity index (χ3n) is 4.39. The number of fused-ring (bicyclic) bond motifs is 2. The molecule has 21 heavy (non-hydrogen) atoms. The summed E-state index contributed by atoms with van der Waals surface area (Å²) >= 11 is 5.90. The van der Waals surface area contributed by atoms with E-state index in [1.807, 2.05) is 24.3 Å². The number of carbonyl (C=O) groups excluding carboxylic acids is 2. The summed E-state index contributed by atoms with van der Waals surface area (Å²) in [5, 5.41) is 14.7. The first kappa shape index (κ1) is 14.1. The molecular formula is C16H15ClNO3-. The number of carboxylic acids is 1. The van der Waals surface area contributed by atoms with E-state index < -0.39 is 17.8 Å². The van der Waals surface area contributed by atoms with Gasteiger partial charge in [-0.25, -0.2) is 0 Å². The fourth-order valence-corrected chi connectivity index (χ4v) is 3.67. The van der Waals surface area contributed by atoms with Gasteiger partial charge in [-0.05, 0) is 36.0 Å². The quantitative estimate of drug-likeness (QED) is 0.848. The van der Waals surface area contributed by atoms with Crippen LogP contribution in [0.3, 0.4) is 0 Å². The van der Waals surface area contributed by atoms with E-state index in [1.165, 1.54) is 0 Å². The number of aliphatic carboxylic acids is 1. The zero-order valence-corrected chi connectivity index (χ0v) is 12.0. The Morgan fingerprint density at radius 3 is 2.62 bits per heavy atom. The Balaban J connectivity index is 1.68. The van der Waals surface area contributed by atoms with Crippen molar-refractivity contribution in [3.05, 3.63) is 47.0 Å². The standard InChI is InChI=1S/C16H16ClNO3/c17-12-3-1-2-9(6-12)8-18-15(19)13-10-4-5-11(7-10)14(13)16(20)21/h1-6,10-11,13-14H,7-8H2,(H,18,19)(H,20,21)/p-1/t10-,11+,13+,14+/m0/s1. The first-order valence-corrected chi connectivity index (χ1v) is 7.35. The summed E-state index contributed by atoms with van der Waals surface area (Å²) in [5.74, 6) is -2.64. The van der Waals surface area contributed by atoms with Crippen LogP contribution < -0.4 is 10.4 Å². The van der Waals surface area contributed by atoms with Gasteiger partial charge in [0.05, 0.1) is 5.92 Å². The maximum absolute atomic E-state index is 12.3. The van der Waals surface area contributed by atoms with Gasteiger partial charge >= 0.3 is 0 Å². The van der Waals surface area contributed by atoms with Crippen LogP contribution in [0.2, 0.25) is 5.02 Å². The Labute approximate surface area is 127 Å². The lowest BCUT2D eigenvalue weighted by Gasteiger charge is -2.27. The summed E-state index contributed by atoms with van der Waals surface area (Å²) in [5.41, 5.74) is 0.888. The summed E-state index contributed by atoms with van der Waals surface area (Å²) in [6, 6.07) is 7.22. The van der Waals surface area contributed by atoms with E-state index in [0.717, 1.165) is 12.0 Å². The number of carbonyl (C=O) groups is 2. The Morgan fingerprint density at radius 2 is 1.95 bits per heavy atom. The van der Waals surface area contributed by atoms with E-state index in [4.69, 9.17) is 11.6 Å². The molecule has 0 radical (unpaired) electrons. The largest absolute Gasteiger partial charge is 0.550 e. The van der Waals surface area contributed by atoms with E-state index >= 15 is 0 Å². The van der Waals surface area contributed by atoms with Crippen LogP contribution in [-0.4, -0.2) is 11.9 Å². The molecule has 1 amide bonds. The van der Waals surface area contributed by atoms with Gasteiger partial charge in [-0.2, -0.15) is 0 Å². The van der Waals surface area contributed by atoms with Gasteiger partial charge in [0, 0.05) is 23.5 Å². The third-order valence-corrected chi connectivity index (χ3v) is 4.63. The molecule has 1 fully saturated rings. The van der Waals surface area contributed by atoms with Crippen LogP contribution in [0.15, 0.2) is 36.4 Å². The van der Waals surface area contributed by atoms with E-state index in [0.29, 0.717) is 11.6 Å². The van der Waals surface area contributed by atoms with Gasteiger partial charge in [0.15, 0.2) is 0 Å². The number of nitrogens with one attached hydrogen (secondary N) is 1. The van der Waals surface area contributed by atoms with Gasteiger partial charge in [-0.15, -0.1) is 0 Å². The molecule has 4 nitrogen and oxygen atoms in total. The Morgan fingerprint density at radius 1 is 1.24 bits per heavy atom. The molecule has 0 aliphatic heterocycles. The molecule has 2 bridgehead atoms. The number of amides is 1. The minimum atomic E-state index is -1.13. The van der Waals surface area contributed by atoms with E-state index in [1.54, 1.807) is 12.1 Å². The maximum Gasteiger partial charge on any atom is 0.224 e. The van der Waals surface area contributed by atoms with Crippen molar-refractivity contribution in [1.82, 2.24) is 5.32 Å². The van der Waals surface area contributed by atoms with Crippen LogP contribution in [0.5, 0.6) is 0 Å². The first-order valence-electron chi connectivity index (χ1n) is 6.97. The molecule has 0 aromatic heterocycles. The molecule has 2 aliphatic carbocycles. The number of hydrogen-bond acceptors (Lipinski definition) is 3. The molecule has 1 saturated carbocycles. The highest BCUT2D eigenvalue weighted by atomic mass is 35.5. The van der Waals surface area contributed by atoms with Crippen molar-refractivity contribution < 1.29 is 14.7 Å². The van der Waals surface area contributed by atoms with Crippen molar-refractivity contribution in [2.75, 3.05) is 0 Å². The second-order valence-electron chi connectivity index (χ2n) is 5.67. The molecule has 3 rings (SSSR count). The molecule has 2 aliphatic rings. The van der Waals surface area contributed by atoms with Crippen LogP contribution in [0.25, 0.3) is 0 Å². The Kier molecular flexibility index (Phi) is 3.72. The smallest absolute Gasteiger partial charge is 0.224 e. The van der Waals surface area contributed by atoms with E-state index in [9.17, 15) is 14.7 Å². The molecule has 0 spiro atoms. The summed E-state index contributed by atoms with van der Waals surface area (Å²) in [6.45, 7) is 0.344. The van der Waals surface area contributed by atoms with E-state index in [-0.39, 0.29) is 17.7 Å². The van der Waals surface area contributed by atoms with Crippen LogP contribution in [0.4, 0.5) is 0 Å². The summed E-state index contributed by atoms with van der Waals surface area (Å²) in [4.78, 5) is 23.6. The molecular weight excluding hydrogens is 290 g/mol. The van der Waals surface area contributed by atoms with Crippen molar-refractivity contribution in [3.8, 4) is 0 Å². The van der Waals surface area contributed by atoms with Gasteiger partial charge in [-0.1, -0.05) is 35.9 Å². The molecule has 0 saturated heterocycles. The Hall–Kier alpha value is -1.81. The SMILES string of the molecule is O=C([O-])[C@H]1[C@H](C(=O)NCc2cccc(Cl)c2)[C@H]2C=C[C@@H]1C2. The van der Waals surface area contributed by atoms with Crippen LogP contribution in [0.1, 0.15) is 12.0 Å². The first-order chi connectivity index (χ1) is 10.1. The average Bonchev–Trinajstić information content (AvgIpc) is 3.05. The third kappa shape index (κ3) is 2.68. The monoisotopic (exact) mass is 304 g/mol. The van der Waals surface area contributed by atoms with Crippen molar-refractivity contribution in [1.29, 1.82) is 0 Å². The zero-order valence-electron chi connectivity index (χ0n) is 11.3. The molecule has 1 aromatic rings. The maximum atomic E-state index is 12.3. The predicted molar refractivity (Wildman–Crippen MR) is 76.0 cm³/mol. The van der Waals surface area contributed by atoms with Crippen molar-refractivity contribution in [3.63, 3.8) is 0 Å². The molecule has 110 valence electrons. The number of carboxylic acid groups (broad SMARTS) is 1. The fourth-order valence-electron chi connectivity index (χ4n) is 3.45. The molecule has 4 atom stereocenters. The predicted octanol–water partition coefficient (Wildman–Crippen LogP) is 1.14. The van der Waals surface area contributed by atoms with Gasteiger partial charge in [0.2, 0.25) is 5.91 Å². The summed E-state index contributed by atoms with van der Waals surface area (Å²) < 4.78 is 0. The number of hydrogen-bond donors (Lipinski definition) is 1. The molecule has 0 unspecified atom stereocenters. The van der Waals surface area contributed by atoms with Crippen molar-refractivity contribution in [2.45, 2.75) is 13.0 Å². The van der Waals surface area contributed by atoms with Gasteiger partial charge in [0.25, 0.3) is 0 Å². The molecule has 1 aromatic carbocycles. The van der Waals surface area contributed by atoms with Crippen LogP contribution >= 0.6 is 11.6 Å². The molecule has 1 N–H and O–H groups in total. The van der Waals surface area contributed by atoms with Gasteiger partial charge in [-0.3, -0.25) is 4.79 Å². The van der Waals surface area contributed by atoms with Gasteiger partial charge in [0.1, 0.15) is 0 Å². The molecule has 0 heterocycles. The van der Waals surface area contributed by atoms with Gasteiger partial charge < -0.3 is 15.2 Å². The fraction of sp³-hybridized carbons (Fsp3) is 0.375. The highest BCUT2D eigenvalue weighted by Gasteiger charge is 2.48. The summed E-state index contributed by atoms with van der Waals surface area (Å²) in [6.07, 6.45) is 4.58. The highest BCUT2D eigenvalue weighted by molar-refractivity contribution is 6.30. The lowest BCUT2D eigenvalue weighted by molar-refractivity contribution is -0.313. The number of rotatable bonds is 4. The van der Waals surface area contributed by atoms with Crippen molar-refractivity contribution in [2.24, 2.45) is 23.7 Å². The van der Waals surface area contributed by atoms with Crippen molar-refractivity contribution >= 4 is 23.5 Å². The van der Waals surface area contributed by atoms with Crippen LogP contribution in [-0.2, 0) is 16.1 Å². The number of allylic oxidation sites excluding steroid dienone is 2. The Bertz CT molecular complexity index is 613. The summed E-state index contributed by atoms with van der Waals surface area (Å²) in [7, 11) is 0. The average molecular weight is 305 g/mol. The lowest BCUT2D eigenvalue weighted by atomic mass is 9.82. The number of benzene rings is 1. The second kappa shape index (κ2) is 5.53. The molecule has 5 heteroatoms. The van der Waals surface area contributed by atoms with E-state index in [2.05, 4.69) is 5.32 Å². The normalized spacial score (nSPS) is 29.6. The minimum Gasteiger partial charge on any atom is -0.550 e. The topological polar surface area (TPSA) is 69.2 Å². The lowest BCUT2D eigenvalue weighted by Crippen LogP contribution is -2.44. The zero-order chi connectivity index (χ0) is 15.0. The minimum absolute atomic E-state index is 0.0114.